The van der Waals surface area contributed by atoms with Crippen LogP contribution in [-0.2, 0) is 11.2 Å². The zero-order chi connectivity index (χ0) is 11.7. The van der Waals surface area contributed by atoms with Gasteiger partial charge in [-0.3, -0.25) is 4.79 Å². The number of benzene rings is 1. The van der Waals surface area contributed by atoms with Gasteiger partial charge in [-0.15, -0.1) is 0 Å². The molecule has 86 valence electrons. The molecule has 4 nitrogen and oxygen atoms in total. The molecule has 1 N–H and O–H groups in total. The van der Waals surface area contributed by atoms with Crippen LogP contribution in [0.25, 0.3) is 0 Å². The van der Waals surface area contributed by atoms with Crippen LogP contribution in [0.3, 0.4) is 0 Å². The van der Waals surface area contributed by atoms with Gasteiger partial charge >= 0.3 is 5.97 Å². The van der Waals surface area contributed by atoms with Crippen molar-refractivity contribution in [3.8, 4) is 11.5 Å². The average molecular weight is 287 g/mol. The minimum absolute atomic E-state index is 0.222. The molecule has 1 aliphatic heterocycles. The van der Waals surface area contributed by atoms with E-state index >= 15 is 0 Å². The molecule has 1 aliphatic rings. The van der Waals surface area contributed by atoms with Crippen LogP contribution in [0.5, 0.6) is 11.5 Å². The third-order valence-electron chi connectivity index (χ3n) is 2.49. The van der Waals surface area contributed by atoms with E-state index < -0.39 is 11.9 Å². The Kier molecular flexibility index (Phi) is 3.05. The highest BCUT2D eigenvalue weighted by atomic mass is 79.9. The van der Waals surface area contributed by atoms with Gasteiger partial charge in [0.05, 0.1) is 5.92 Å². The van der Waals surface area contributed by atoms with Gasteiger partial charge in [0, 0.05) is 4.47 Å². The molecule has 0 aliphatic carbocycles. The second-order valence-electron chi connectivity index (χ2n) is 3.74. The largest absolute Gasteiger partial charge is 0.481 e. The Morgan fingerprint density at radius 3 is 2.75 bits per heavy atom. The topological polar surface area (TPSA) is 55.8 Å². The van der Waals surface area contributed by atoms with Gasteiger partial charge in [0.2, 0.25) is 6.79 Å². The molecule has 5 heteroatoms. The lowest BCUT2D eigenvalue weighted by atomic mass is 10.0. The van der Waals surface area contributed by atoms with E-state index in [2.05, 4.69) is 15.9 Å². The van der Waals surface area contributed by atoms with Crippen molar-refractivity contribution in [2.75, 3.05) is 6.79 Å². The van der Waals surface area contributed by atoms with Crippen molar-refractivity contribution in [1.29, 1.82) is 0 Å². The Bertz CT molecular complexity index is 430. The van der Waals surface area contributed by atoms with E-state index in [1.807, 2.05) is 12.1 Å². The summed E-state index contributed by atoms with van der Waals surface area (Å²) in [4.78, 5) is 10.8. The van der Waals surface area contributed by atoms with Crippen LogP contribution < -0.4 is 9.47 Å². The molecular weight excluding hydrogens is 276 g/mol. The highest BCUT2D eigenvalue weighted by Gasteiger charge is 2.19. The number of aliphatic carboxylic acids is 1. The zero-order valence-corrected chi connectivity index (χ0v) is 10.3. The van der Waals surface area contributed by atoms with Gasteiger partial charge in [-0.2, -0.15) is 0 Å². The van der Waals surface area contributed by atoms with Gasteiger partial charge in [-0.1, -0.05) is 22.9 Å². The van der Waals surface area contributed by atoms with E-state index in [4.69, 9.17) is 14.6 Å². The Hall–Kier alpha value is -1.23. The first kappa shape index (κ1) is 11.3. The maximum atomic E-state index is 10.8. The fourth-order valence-corrected chi connectivity index (χ4v) is 2.02. The van der Waals surface area contributed by atoms with E-state index in [1.165, 1.54) is 0 Å². The summed E-state index contributed by atoms with van der Waals surface area (Å²) in [6.45, 7) is 1.90. The van der Waals surface area contributed by atoms with Crippen molar-refractivity contribution in [3.05, 3.63) is 22.2 Å². The maximum Gasteiger partial charge on any atom is 0.306 e. The SMILES string of the molecule is CC(Cc1cc2c(cc1Br)OCO2)C(=O)O. The number of ether oxygens (including phenoxy) is 2. The van der Waals surface area contributed by atoms with Crippen molar-refractivity contribution >= 4 is 21.9 Å². The lowest BCUT2D eigenvalue weighted by molar-refractivity contribution is -0.141. The van der Waals surface area contributed by atoms with Crippen LogP contribution in [0.15, 0.2) is 16.6 Å². The van der Waals surface area contributed by atoms with Crippen LogP contribution in [0.4, 0.5) is 0 Å². The molecule has 0 saturated carbocycles. The Labute approximate surface area is 101 Å². The van der Waals surface area contributed by atoms with Crippen LogP contribution in [0.2, 0.25) is 0 Å². The normalized spacial score (nSPS) is 14.9. The number of hydrogen-bond acceptors (Lipinski definition) is 3. The van der Waals surface area contributed by atoms with Crippen LogP contribution in [0, 0.1) is 5.92 Å². The van der Waals surface area contributed by atoms with E-state index in [0.717, 1.165) is 10.0 Å². The summed E-state index contributed by atoms with van der Waals surface area (Å²) >= 11 is 3.40. The van der Waals surface area contributed by atoms with Crippen molar-refractivity contribution in [1.82, 2.24) is 0 Å². The average Bonchev–Trinajstić information content (AvgIpc) is 2.65. The molecule has 0 aromatic heterocycles. The van der Waals surface area contributed by atoms with E-state index in [0.29, 0.717) is 17.9 Å². The van der Waals surface area contributed by atoms with E-state index in [9.17, 15) is 4.79 Å². The molecule has 0 spiro atoms. The fraction of sp³-hybridized carbons (Fsp3) is 0.364. The van der Waals surface area contributed by atoms with Gasteiger partial charge in [-0.05, 0) is 24.1 Å². The smallest absolute Gasteiger partial charge is 0.306 e. The van der Waals surface area contributed by atoms with Gasteiger partial charge in [0.25, 0.3) is 0 Å². The van der Waals surface area contributed by atoms with Crippen molar-refractivity contribution in [3.63, 3.8) is 0 Å². The summed E-state index contributed by atoms with van der Waals surface area (Å²) in [5, 5.41) is 8.86. The molecule has 0 saturated heterocycles. The molecule has 1 heterocycles. The summed E-state index contributed by atoms with van der Waals surface area (Å²) in [7, 11) is 0. The van der Waals surface area contributed by atoms with Crippen LogP contribution >= 0.6 is 15.9 Å². The number of rotatable bonds is 3. The van der Waals surface area contributed by atoms with Crippen molar-refractivity contribution in [2.24, 2.45) is 5.92 Å². The molecule has 1 aromatic carbocycles. The van der Waals surface area contributed by atoms with Gasteiger partial charge in [0.1, 0.15) is 0 Å². The fourth-order valence-electron chi connectivity index (χ4n) is 1.53. The van der Waals surface area contributed by atoms with Crippen molar-refractivity contribution in [2.45, 2.75) is 13.3 Å². The molecule has 0 amide bonds. The molecule has 1 atom stereocenters. The second kappa shape index (κ2) is 4.33. The van der Waals surface area contributed by atoms with Crippen LogP contribution in [0.1, 0.15) is 12.5 Å². The molecule has 1 aromatic rings. The first-order chi connectivity index (χ1) is 7.58. The number of halogens is 1. The molecule has 16 heavy (non-hydrogen) atoms. The Morgan fingerprint density at radius 2 is 2.12 bits per heavy atom. The van der Waals surface area contributed by atoms with E-state index in [-0.39, 0.29) is 6.79 Å². The first-order valence-corrected chi connectivity index (χ1v) is 5.68. The van der Waals surface area contributed by atoms with Crippen LogP contribution in [-0.4, -0.2) is 17.9 Å². The summed E-state index contributed by atoms with van der Waals surface area (Å²) in [6.07, 6.45) is 0.465. The minimum Gasteiger partial charge on any atom is -0.481 e. The standard InChI is InChI=1S/C11H11BrO4/c1-6(11(13)14)2-7-3-9-10(4-8(7)12)16-5-15-9/h3-4,6H,2,5H2,1H3,(H,13,14). The van der Waals surface area contributed by atoms with Crippen molar-refractivity contribution < 1.29 is 19.4 Å². The van der Waals surface area contributed by atoms with E-state index in [1.54, 1.807) is 6.92 Å². The summed E-state index contributed by atoms with van der Waals surface area (Å²) in [5.74, 6) is 0.149. The molecule has 0 bridgehead atoms. The quantitative estimate of drug-likeness (QED) is 0.927. The summed E-state index contributed by atoms with van der Waals surface area (Å²) in [6, 6.07) is 3.64. The maximum absolute atomic E-state index is 10.8. The lowest BCUT2D eigenvalue weighted by Crippen LogP contribution is -2.12. The predicted octanol–water partition coefficient (Wildman–Crippen LogP) is 2.44. The number of carboxylic acid groups (broad SMARTS) is 1. The summed E-state index contributed by atoms with van der Waals surface area (Å²) < 4.78 is 11.3. The molecule has 0 radical (unpaired) electrons. The van der Waals surface area contributed by atoms with Gasteiger partial charge in [0.15, 0.2) is 11.5 Å². The zero-order valence-electron chi connectivity index (χ0n) is 8.70. The molecule has 2 rings (SSSR count). The van der Waals surface area contributed by atoms with Gasteiger partial charge in [-0.25, -0.2) is 0 Å². The Morgan fingerprint density at radius 1 is 1.50 bits per heavy atom. The molecule has 1 unspecified atom stereocenters. The molecule has 0 fully saturated rings. The predicted molar refractivity (Wildman–Crippen MR) is 60.8 cm³/mol. The lowest BCUT2D eigenvalue weighted by Gasteiger charge is -2.09. The molecular formula is C11H11BrO4. The second-order valence-corrected chi connectivity index (χ2v) is 4.59. The third-order valence-corrected chi connectivity index (χ3v) is 3.23. The summed E-state index contributed by atoms with van der Waals surface area (Å²) in [5.41, 5.74) is 0.916. The number of carbonyl (C=O) groups is 1. The van der Waals surface area contributed by atoms with Gasteiger partial charge < -0.3 is 14.6 Å². The number of carboxylic acids is 1. The Balaban J connectivity index is 2.25. The highest BCUT2D eigenvalue weighted by molar-refractivity contribution is 9.10. The number of fused-ring (bicyclic) bond motifs is 1. The first-order valence-electron chi connectivity index (χ1n) is 4.88. The third kappa shape index (κ3) is 2.14. The number of hydrogen-bond donors (Lipinski definition) is 1. The highest BCUT2D eigenvalue weighted by Crippen LogP contribution is 2.37. The monoisotopic (exact) mass is 286 g/mol. The minimum atomic E-state index is -0.801.